The van der Waals surface area contributed by atoms with Crippen LogP contribution in [0.3, 0.4) is 0 Å². The molecule has 2 fully saturated rings. The summed E-state index contributed by atoms with van der Waals surface area (Å²) in [4.78, 5) is 17.3. The monoisotopic (exact) mass is 872 g/mol. The first-order valence-electron chi connectivity index (χ1n) is 19.0. The van der Waals surface area contributed by atoms with E-state index in [9.17, 15) is 10.5 Å². The second-order valence-corrected chi connectivity index (χ2v) is 21.1. The number of thiophene rings is 6. The van der Waals surface area contributed by atoms with Gasteiger partial charge in [0.15, 0.2) is 11.5 Å². The van der Waals surface area contributed by atoms with Gasteiger partial charge < -0.3 is 18.9 Å². The van der Waals surface area contributed by atoms with Crippen LogP contribution in [0.1, 0.15) is 85.1 Å². The quantitative estimate of drug-likeness (QED) is 0.122. The van der Waals surface area contributed by atoms with Gasteiger partial charge in [0.1, 0.15) is 22.7 Å². The molecule has 2 saturated carbocycles. The van der Waals surface area contributed by atoms with E-state index in [0.717, 1.165) is 123 Å². The smallest absolute Gasteiger partial charge is 0.263 e. The van der Waals surface area contributed by atoms with E-state index >= 15 is 0 Å². The van der Waals surface area contributed by atoms with Crippen molar-refractivity contribution in [3.8, 4) is 74.2 Å². The first-order chi connectivity index (χ1) is 28.3. The Balaban J connectivity index is 1.13. The number of hydrogen-bond donors (Lipinski definition) is 0. The molecule has 0 saturated heterocycles. The molecule has 2 aliphatic heterocycles. The number of methoxy groups -OCH3 is 2. The highest BCUT2D eigenvalue weighted by Gasteiger charge is 2.49. The Bertz CT molecular complexity index is 2680. The lowest BCUT2D eigenvalue weighted by Gasteiger charge is -2.41. The lowest BCUT2D eigenvalue weighted by molar-refractivity contribution is 0.0258. The molecule has 0 atom stereocenters. The van der Waals surface area contributed by atoms with Gasteiger partial charge in [-0.2, -0.15) is 0 Å². The van der Waals surface area contributed by atoms with Crippen molar-refractivity contribution in [3.05, 3.63) is 79.4 Å². The average Bonchev–Trinajstić information content (AvgIpc) is 4.11. The number of allylic oxidation sites excluding steroid dienone is 2. The standard InChI is InChI=1S/C44H32N4O4S6/c1-47-23(21-45)15-25-17-29(49-3)37(53-25)31-19-27-35(55-31)39-33(51-43(27)11-7-5-8-12-43)41-42(57-39)34-40(58-41)36-28(44(52-34)13-9-6-10-14-44)20-32(56-36)38-30(50-4)18-26(54-38)16-24(22-46)48-2/h15-20H,5-14H2,3-4H3/b23-15-,24-16+. The predicted octanol–water partition coefficient (Wildman–Crippen LogP) is 14.6. The molecule has 14 heteroatoms. The summed E-state index contributed by atoms with van der Waals surface area (Å²) in [6.07, 6.45) is 13.9. The minimum atomic E-state index is -0.424. The molecule has 288 valence electrons. The summed E-state index contributed by atoms with van der Waals surface area (Å²) in [6.45, 7) is 14.8. The van der Waals surface area contributed by atoms with E-state index in [1.165, 1.54) is 33.7 Å². The van der Waals surface area contributed by atoms with E-state index in [4.69, 9.17) is 32.1 Å². The maximum atomic E-state index is 9.43. The lowest BCUT2D eigenvalue weighted by Crippen LogP contribution is -2.37. The lowest BCUT2D eigenvalue weighted by atomic mass is 9.78. The van der Waals surface area contributed by atoms with Crippen LogP contribution >= 0.6 is 68.0 Å². The fraction of sp³-hybridized carbons (Fsp3) is 0.318. The van der Waals surface area contributed by atoms with Crippen molar-refractivity contribution < 1.29 is 18.9 Å². The largest absolute Gasteiger partial charge is 0.495 e. The van der Waals surface area contributed by atoms with Gasteiger partial charge in [0, 0.05) is 30.6 Å². The summed E-state index contributed by atoms with van der Waals surface area (Å²) < 4.78 is 28.8. The summed E-state index contributed by atoms with van der Waals surface area (Å²) >= 11 is 10.2. The Morgan fingerprint density at radius 1 is 0.603 bits per heavy atom. The highest BCUT2D eigenvalue weighted by atomic mass is 32.1. The van der Waals surface area contributed by atoms with E-state index in [2.05, 4.69) is 21.8 Å². The van der Waals surface area contributed by atoms with Gasteiger partial charge in [-0.15, -0.1) is 68.0 Å². The van der Waals surface area contributed by atoms with E-state index in [0.29, 0.717) is 0 Å². The third-order valence-electron chi connectivity index (χ3n) is 11.6. The van der Waals surface area contributed by atoms with E-state index < -0.39 is 11.2 Å². The highest BCUT2D eigenvalue weighted by molar-refractivity contribution is 7.35. The van der Waals surface area contributed by atoms with Gasteiger partial charge in [0.2, 0.25) is 0 Å². The first kappa shape index (κ1) is 37.4. The number of ether oxygens (including phenoxy) is 4. The number of rotatable bonds is 6. The van der Waals surface area contributed by atoms with Gasteiger partial charge in [0.05, 0.1) is 78.2 Å². The van der Waals surface area contributed by atoms with Gasteiger partial charge >= 0.3 is 0 Å². The van der Waals surface area contributed by atoms with Crippen molar-refractivity contribution in [2.45, 2.75) is 75.4 Å². The van der Waals surface area contributed by atoms with Crippen molar-refractivity contribution in [1.82, 2.24) is 0 Å². The highest BCUT2D eigenvalue weighted by Crippen LogP contribution is 2.67. The van der Waals surface area contributed by atoms with Crippen LogP contribution in [0, 0.1) is 35.8 Å². The van der Waals surface area contributed by atoms with Crippen LogP contribution in [0.25, 0.3) is 70.3 Å². The molecule has 58 heavy (non-hydrogen) atoms. The fourth-order valence-corrected chi connectivity index (χ4v) is 16.6. The summed E-state index contributed by atoms with van der Waals surface area (Å²) in [7, 11) is 3.34. The average molecular weight is 873 g/mol. The molecule has 8 nitrogen and oxygen atoms in total. The third-order valence-corrected chi connectivity index (χ3v) is 19.1. The van der Waals surface area contributed by atoms with Gasteiger partial charge in [-0.05, 0) is 87.8 Å². The SMILES string of the molecule is [C-]#[N+]/C(C#N)=C\c1cc(OC)c(-c2cc3c(s2)-c2sc4c5c(sc4c2OC32CCCCC2)-c2sc(-c3sc(/C=C(\C#N)[N+]#[C-])cc3OC)cc2C2(CCCCC2)O5)s1. The van der Waals surface area contributed by atoms with Crippen molar-refractivity contribution >= 4 is 89.6 Å². The van der Waals surface area contributed by atoms with Crippen LogP contribution in [-0.2, 0) is 11.2 Å². The van der Waals surface area contributed by atoms with Gasteiger partial charge in [-0.1, -0.05) is 12.8 Å². The summed E-state index contributed by atoms with van der Waals surface area (Å²) in [5.74, 6) is 3.42. The molecule has 6 aromatic heterocycles. The fourth-order valence-electron chi connectivity index (χ4n) is 8.91. The summed E-state index contributed by atoms with van der Waals surface area (Å²) in [5.41, 5.74) is 1.75. The Hall–Kier alpha value is -4.90. The zero-order valence-electron chi connectivity index (χ0n) is 31.4. The molecular weight excluding hydrogens is 841 g/mol. The van der Waals surface area contributed by atoms with Crippen molar-refractivity contribution in [2.75, 3.05) is 14.2 Å². The van der Waals surface area contributed by atoms with Gasteiger partial charge in [0.25, 0.3) is 11.4 Å². The van der Waals surface area contributed by atoms with Crippen molar-refractivity contribution in [2.24, 2.45) is 0 Å². The Kier molecular flexibility index (Phi) is 9.30. The van der Waals surface area contributed by atoms with Crippen LogP contribution in [0.2, 0.25) is 0 Å². The second-order valence-electron chi connectivity index (χ2n) is 14.8. The number of nitrogens with zero attached hydrogens (tertiary/aromatic N) is 4. The minimum Gasteiger partial charge on any atom is -0.495 e. The first-order valence-corrected chi connectivity index (χ1v) is 23.9. The van der Waals surface area contributed by atoms with E-state index in [1.54, 1.807) is 94.4 Å². The van der Waals surface area contributed by atoms with Gasteiger partial charge in [-0.25, -0.2) is 20.2 Å². The Morgan fingerprint density at radius 2 is 1.02 bits per heavy atom. The molecular formula is C44H32N4O4S6. The topological polar surface area (TPSA) is 93.2 Å². The molecule has 8 heterocycles. The van der Waals surface area contributed by atoms with E-state index in [-0.39, 0.29) is 11.4 Å². The molecule has 0 unspecified atom stereocenters. The maximum Gasteiger partial charge on any atom is 0.263 e. The molecule has 2 aliphatic carbocycles. The van der Waals surface area contributed by atoms with Crippen LogP contribution in [-0.4, -0.2) is 14.2 Å². The van der Waals surface area contributed by atoms with Gasteiger partial charge in [-0.3, -0.25) is 0 Å². The number of nitriles is 2. The molecule has 4 aliphatic rings. The number of fused-ring (bicyclic) bond motifs is 11. The molecule has 0 aromatic carbocycles. The zero-order chi connectivity index (χ0) is 39.8. The third kappa shape index (κ3) is 5.77. The summed E-state index contributed by atoms with van der Waals surface area (Å²) in [5, 5.41) is 18.9. The predicted molar refractivity (Wildman–Crippen MR) is 237 cm³/mol. The Labute approximate surface area is 359 Å². The molecule has 10 rings (SSSR count). The second kappa shape index (κ2) is 14.4. The van der Waals surface area contributed by atoms with Crippen LogP contribution in [0.5, 0.6) is 23.0 Å². The van der Waals surface area contributed by atoms with Crippen LogP contribution in [0.4, 0.5) is 0 Å². The minimum absolute atomic E-state index is 0.0473. The molecule has 0 N–H and O–H groups in total. The van der Waals surface area contributed by atoms with Crippen molar-refractivity contribution in [1.29, 1.82) is 10.5 Å². The van der Waals surface area contributed by atoms with Crippen molar-refractivity contribution in [3.63, 3.8) is 0 Å². The molecule has 0 bridgehead atoms. The zero-order valence-corrected chi connectivity index (χ0v) is 36.3. The maximum absolute atomic E-state index is 9.43. The van der Waals surface area contributed by atoms with Crippen LogP contribution in [0.15, 0.2) is 35.7 Å². The van der Waals surface area contributed by atoms with Crippen LogP contribution < -0.4 is 18.9 Å². The molecule has 6 aromatic rings. The Morgan fingerprint density at radius 3 is 1.38 bits per heavy atom. The van der Waals surface area contributed by atoms with E-state index in [1.807, 2.05) is 24.3 Å². The normalized spacial score (nSPS) is 17.5. The number of hydrogen-bond acceptors (Lipinski definition) is 12. The molecule has 0 radical (unpaired) electrons. The molecule has 0 amide bonds. The molecule has 2 spiro atoms. The summed E-state index contributed by atoms with van der Waals surface area (Å²) in [6, 6.07) is 12.4.